The van der Waals surface area contributed by atoms with Crippen LogP contribution in [0.1, 0.15) is 57.8 Å². The molecule has 1 aliphatic heterocycles. The van der Waals surface area contributed by atoms with E-state index in [0.29, 0.717) is 13.0 Å². The molecule has 0 spiro atoms. The van der Waals surface area contributed by atoms with Crippen LogP contribution in [-0.2, 0) is 31.2 Å². The molecule has 0 aromatic rings. The van der Waals surface area contributed by atoms with Crippen molar-refractivity contribution in [2.75, 3.05) is 13.2 Å². The van der Waals surface area contributed by atoms with Crippen molar-refractivity contribution in [3.63, 3.8) is 0 Å². The van der Waals surface area contributed by atoms with Crippen LogP contribution in [0.5, 0.6) is 0 Å². The van der Waals surface area contributed by atoms with Gasteiger partial charge in [0.1, 0.15) is 0 Å². The van der Waals surface area contributed by atoms with Gasteiger partial charge in [0.15, 0.2) is 0 Å². The third-order valence-corrected chi connectivity index (χ3v) is 8.73. The molecule has 0 saturated carbocycles. The zero-order valence-electron chi connectivity index (χ0n) is 14.2. The summed E-state index contributed by atoms with van der Waals surface area (Å²) >= 11 is 0. The molecule has 0 radical (unpaired) electrons. The third kappa shape index (κ3) is 10.8. The lowest BCUT2D eigenvalue weighted by Crippen LogP contribution is -2.06. The summed E-state index contributed by atoms with van der Waals surface area (Å²) in [6.07, 6.45) is 8.39. The smallest absolute Gasteiger partial charge is 0.302 e. The lowest BCUT2D eigenvalue weighted by molar-refractivity contribution is 0.135. The van der Waals surface area contributed by atoms with Gasteiger partial charge in [0, 0.05) is 11.5 Å². The molecule has 12 nitrogen and oxygen atoms in total. The van der Waals surface area contributed by atoms with E-state index in [9.17, 15) is 13.7 Å². The first-order valence-electron chi connectivity index (χ1n) is 8.23. The van der Waals surface area contributed by atoms with E-state index in [0.717, 1.165) is 51.4 Å². The lowest BCUT2D eigenvalue weighted by Gasteiger charge is -2.26. The van der Waals surface area contributed by atoms with E-state index in [1.807, 2.05) is 0 Å². The van der Waals surface area contributed by atoms with E-state index in [4.69, 9.17) is 19.8 Å². The minimum atomic E-state index is -4.97. The number of azide groups is 1. The molecular formula is C11H24N3O9P3. The summed E-state index contributed by atoms with van der Waals surface area (Å²) in [6.45, 7) is 0.425. The first-order chi connectivity index (χ1) is 12.2. The molecule has 0 aliphatic carbocycles. The number of unbranched alkanes of at least 4 members (excludes halogenated alkanes) is 8. The highest BCUT2D eigenvalue weighted by Gasteiger charge is 2.54. The second-order valence-corrected chi connectivity index (χ2v) is 10.6. The van der Waals surface area contributed by atoms with Crippen molar-refractivity contribution in [2.45, 2.75) is 57.8 Å². The van der Waals surface area contributed by atoms with Crippen LogP contribution in [0.25, 0.3) is 10.4 Å². The van der Waals surface area contributed by atoms with Gasteiger partial charge >= 0.3 is 23.5 Å². The van der Waals surface area contributed by atoms with E-state index in [-0.39, 0.29) is 6.61 Å². The van der Waals surface area contributed by atoms with Crippen molar-refractivity contribution in [1.82, 2.24) is 0 Å². The molecule has 2 atom stereocenters. The van der Waals surface area contributed by atoms with Gasteiger partial charge in [-0.05, 0) is 18.4 Å². The van der Waals surface area contributed by atoms with E-state index < -0.39 is 23.5 Å². The van der Waals surface area contributed by atoms with Crippen molar-refractivity contribution in [3.8, 4) is 0 Å². The first-order valence-corrected chi connectivity index (χ1v) is 12.7. The molecule has 26 heavy (non-hydrogen) atoms. The van der Waals surface area contributed by atoms with Gasteiger partial charge in [-0.1, -0.05) is 50.1 Å². The molecule has 15 heteroatoms. The molecular weight excluding hydrogens is 411 g/mol. The number of nitrogens with zero attached hydrogens (tertiary/aromatic N) is 3. The quantitative estimate of drug-likeness (QED) is 0.129. The van der Waals surface area contributed by atoms with Crippen molar-refractivity contribution < 1.29 is 40.9 Å². The molecule has 152 valence electrons. The third-order valence-electron chi connectivity index (χ3n) is 3.33. The Morgan fingerprint density at radius 1 is 0.808 bits per heavy atom. The van der Waals surface area contributed by atoms with E-state index in [1.165, 1.54) is 0 Å². The maximum atomic E-state index is 11.9. The summed E-state index contributed by atoms with van der Waals surface area (Å²) in [5, 5.41) is 3.47. The molecule has 1 fully saturated rings. The van der Waals surface area contributed by atoms with Crippen molar-refractivity contribution in [1.29, 1.82) is 0 Å². The Balaban J connectivity index is 2.05. The summed E-state index contributed by atoms with van der Waals surface area (Å²) in [5.74, 6) is 0. The lowest BCUT2D eigenvalue weighted by atomic mass is 10.1. The SMILES string of the molecule is [N-]=[N+]=NCCCCCCCCCCCOP1(=O)OP(=O)(O)OP(=O)(O)O1. The van der Waals surface area contributed by atoms with Gasteiger partial charge < -0.3 is 9.79 Å². The van der Waals surface area contributed by atoms with Gasteiger partial charge in [0.25, 0.3) is 0 Å². The van der Waals surface area contributed by atoms with E-state index in [1.54, 1.807) is 0 Å². The Bertz CT molecular complexity index is 597. The van der Waals surface area contributed by atoms with Gasteiger partial charge in [-0.2, -0.15) is 12.9 Å². The van der Waals surface area contributed by atoms with Gasteiger partial charge in [-0.3, -0.25) is 4.52 Å². The average molecular weight is 435 g/mol. The molecule has 1 rings (SSSR count). The maximum Gasteiger partial charge on any atom is 0.492 e. The zero-order chi connectivity index (χ0) is 19.5. The van der Waals surface area contributed by atoms with Crippen LogP contribution < -0.4 is 0 Å². The Labute approximate surface area is 151 Å². The van der Waals surface area contributed by atoms with Gasteiger partial charge in [0.05, 0.1) is 6.61 Å². The second kappa shape index (κ2) is 11.6. The summed E-state index contributed by atoms with van der Waals surface area (Å²) in [7, 11) is -14.6. The van der Waals surface area contributed by atoms with Crippen LogP contribution >= 0.6 is 23.5 Å². The van der Waals surface area contributed by atoms with Crippen LogP contribution in [0.3, 0.4) is 0 Å². The molecule has 0 amide bonds. The Hall–Kier alpha value is -0.240. The highest BCUT2D eigenvalue weighted by atomic mass is 31.3. The van der Waals surface area contributed by atoms with Gasteiger partial charge in [-0.15, -0.1) is 0 Å². The van der Waals surface area contributed by atoms with Crippen molar-refractivity contribution in [3.05, 3.63) is 10.4 Å². The normalized spacial score (nSPS) is 31.5. The molecule has 0 bridgehead atoms. The molecule has 1 heterocycles. The monoisotopic (exact) mass is 435 g/mol. The van der Waals surface area contributed by atoms with E-state index >= 15 is 0 Å². The fourth-order valence-corrected chi connectivity index (χ4v) is 7.18. The molecule has 1 aliphatic rings. The number of phosphoric acid groups is 3. The highest BCUT2D eigenvalue weighted by Crippen LogP contribution is 2.79. The first kappa shape index (κ1) is 23.8. The van der Waals surface area contributed by atoms with Crippen LogP contribution in [0.4, 0.5) is 0 Å². The number of hydrogen-bond donors (Lipinski definition) is 2. The number of rotatable bonds is 13. The van der Waals surface area contributed by atoms with Crippen molar-refractivity contribution in [2.24, 2.45) is 5.11 Å². The Morgan fingerprint density at radius 2 is 1.27 bits per heavy atom. The van der Waals surface area contributed by atoms with Crippen LogP contribution in [0.15, 0.2) is 5.11 Å². The standard InChI is InChI=1S/C11H24N3O9P3/c12-14-13-10-8-6-4-2-1-3-5-7-9-11-20-26(19)22-24(15,16)21-25(17,18)23-26/h1-11H2,(H,15,16)(H,17,18). The van der Waals surface area contributed by atoms with Crippen LogP contribution in [0, 0.1) is 0 Å². The Morgan fingerprint density at radius 3 is 1.77 bits per heavy atom. The largest absolute Gasteiger partial charge is 0.492 e. The molecule has 1 saturated heterocycles. The van der Waals surface area contributed by atoms with Crippen LogP contribution in [0.2, 0.25) is 0 Å². The highest BCUT2D eigenvalue weighted by molar-refractivity contribution is 7.74. The average Bonchev–Trinajstić information content (AvgIpc) is 2.48. The molecule has 2 unspecified atom stereocenters. The minimum Gasteiger partial charge on any atom is -0.302 e. The molecule has 0 aromatic heterocycles. The fraction of sp³-hybridized carbons (Fsp3) is 1.00. The minimum absolute atomic E-state index is 0.114. The van der Waals surface area contributed by atoms with E-state index in [2.05, 4.69) is 23.0 Å². The second-order valence-electron chi connectivity index (χ2n) is 5.60. The van der Waals surface area contributed by atoms with Crippen molar-refractivity contribution >= 4 is 23.5 Å². The molecule has 0 aromatic carbocycles. The maximum absolute atomic E-state index is 11.9. The van der Waals surface area contributed by atoms with Gasteiger partial charge in [-0.25, -0.2) is 13.7 Å². The predicted molar refractivity (Wildman–Crippen MR) is 92.0 cm³/mol. The van der Waals surface area contributed by atoms with Crippen LogP contribution in [-0.4, -0.2) is 22.9 Å². The fourth-order valence-electron chi connectivity index (χ4n) is 2.22. The Kier molecular flexibility index (Phi) is 10.6. The zero-order valence-corrected chi connectivity index (χ0v) is 16.9. The summed E-state index contributed by atoms with van der Waals surface area (Å²) < 4.78 is 51.2. The van der Waals surface area contributed by atoms with Gasteiger partial charge in [0.2, 0.25) is 0 Å². The summed E-state index contributed by atoms with van der Waals surface area (Å²) in [4.78, 5) is 20.8. The topological polar surface area (TPSA) is 177 Å². The summed E-state index contributed by atoms with van der Waals surface area (Å²) in [6, 6.07) is 0. The molecule has 2 N–H and O–H groups in total. The predicted octanol–water partition coefficient (Wildman–Crippen LogP) is 5.20. The summed E-state index contributed by atoms with van der Waals surface area (Å²) in [5.41, 5.74) is 8.13. The number of hydrogen-bond acceptors (Lipinski definition) is 8.